The average Bonchev–Trinajstić information content (AvgIpc) is 1.62. The van der Waals surface area contributed by atoms with Crippen LogP contribution < -0.4 is 0 Å². The third-order valence-electron chi connectivity index (χ3n) is 1.17. The normalized spacial score (nSPS) is 14.2. The van der Waals surface area contributed by atoms with E-state index < -0.39 is 13.3 Å². The molecule has 1 unspecified atom stereocenters. The molecule has 0 rings (SSSR count). The maximum atomic E-state index is 10.3. The summed E-state index contributed by atoms with van der Waals surface area (Å²) in [7, 11) is -3.76. The minimum Gasteiger partial charge on any atom is -0.324 e. The maximum absolute atomic E-state index is 10.3. The third-order valence-corrected chi connectivity index (χ3v) is 2.68. The average molecular weight is 161 g/mol. The third kappa shape index (κ3) is 5.59. The van der Waals surface area contributed by atoms with Gasteiger partial charge in [-0.05, 0) is 6.42 Å². The first kappa shape index (κ1) is 12.8. The van der Waals surface area contributed by atoms with Crippen LogP contribution in [0, 0.1) is 0 Å². The van der Waals surface area contributed by atoms with Crippen molar-refractivity contribution in [3.8, 4) is 0 Å². The summed E-state index contributed by atoms with van der Waals surface area (Å²) in [5, 5.41) is 0. The summed E-state index contributed by atoms with van der Waals surface area (Å²) in [4.78, 5) is 16.8. The van der Waals surface area contributed by atoms with Crippen molar-refractivity contribution in [2.75, 3.05) is 0 Å². The van der Waals surface area contributed by atoms with Gasteiger partial charge in [-0.25, -0.2) is 0 Å². The quantitative estimate of drug-likeness (QED) is 0.460. The molecule has 5 heteroatoms. The Balaban J connectivity index is 0. The SMILES string of the molecule is CCC(C)P(=O)(O)O.[Na]. The van der Waals surface area contributed by atoms with Gasteiger partial charge in [0.05, 0.1) is 5.66 Å². The van der Waals surface area contributed by atoms with Gasteiger partial charge in [0.15, 0.2) is 0 Å². The van der Waals surface area contributed by atoms with E-state index in [0.29, 0.717) is 6.42 Å². The van der Waals surface area contributed by atoms with Crippen LogP contribution in [0.5, 0.6) is 0 Å². The molecule has 0 aliphatic rings. The Bertz CT molecular complexity index is 110. The van der Waals surface area contributed by atoms with E-state index in [-0.39, 0.29) is 29.6 Å². The van der Waals surface area contributed by atoms with Crippen molar-refractivity contribution < 1.29 is 14.4 Å². The van der Waals surface area contributed by atoms with E-state index in [1.54, 1.807) is 13.8 Å². The van der Waals surface area contributed by atoms with Crippen molar-refractivity contribution in [2.45, 2.75) is 25.9 Å². The molecule has 2 N–H and O–H groups in total. The van der Waals surface area contributed by atoms with E-state index >= 15 is 0 Å². The molecule has 0 aliphatic heterocycles. The van der Waals surface area contributed by atoms with Crippen LogP contribution >= 0.6 is 7.60 Å². The van der Waals surface area contributed by atoms with Crippen molar-refractivity contribution in [3.63, 3.8) is 0 Å². The summed E-state index contributed by atoms with van der Waals surface area (Å²) in [6.07, 6.45) is 0.532. The van der Waals surface area contributed by atoms with Gasteiger partial charge in [0, 0.05) is 29.6 Å². The zero-order valence-electron chi connectivity index (χ0n) is 6.03. The van der Waals surface area contributed by atoms with Gasteiger partial charge >= 0.3 is 7.60 Å². The summed E-state index contributed by atoms with van der Waals surface area (Å²) < 4.78 is 10.3. The van der Waals surface area contributed by atoms with Crippen LogP contribution in [0.4, 0.5) is 0 Å². The van der Waals surface area contributed by atoms with Crippen LogP contribution in [0.1, 0.15) is 20.3 Å². The molecule has 0 aromatic heterocycles. The standard InChI is InChI=1S/C4H11O3P.Na/c1-3-4(2)8(5,6)7;/h4H,3H2,1-2H3,(H2,5,6,7);. The van der Waals surface area contributed by atoms with Crippen molar-refractivity contribution in [2.24, 2.45) is 0 Å². The number of rotatable bonds is 2. The van der Waals surface area contributed by atoms with Crippen LogP contribution in [-0.4, -0.2) is 45.0 Å². The fraction of sp³-hybridized carbons (Fsp3) is 1.00. The molecule has 3 nitrogen and oxygen atoms in total. The molecule has 0 aliphatic carbocycles. The smallest absolute Gasteiger partial charge is 0.324 e. The summed E-state index contributed by atoms with van der Waals surface area (Å²) in [6.45, 7) is 3.30. The Hall–Kier alpha value is 1.15. The monoisotopic (exact) mass is 161 g/mol. The molecular weight excluding hydrogens is 150 g/mol. The molecule has 1 atom stereocenters. The largest absolute Gasteiger partial charge is 0.328 e. The van der Waals surface area contributed by atoms with Gasteiger partial charge in [0.25, 0.3) is 0 Å². The van der Waals surface area contributed by atoms with E-state index in [1.165, 1.54) is 0 Å². The zero-order chi connectivity index (χ0) is 6.78. The molecule has 0 aromatic rings. The summed E-state index contributed by atoms with van der Waals surface area (Å²) in [6, 6.07) is 0. The first-order chi connectivity index (χ1) is 3.48. The second kappa shape index (κ2) is 4.89. The number of hydrogen-bond donors (Lipinski definition) is 2. The van der Waals surface area contributed by atoms with E-state index in [0.717, 1.165) is 0 Å². The molecule has 0 bridgehead atoms. The Kier molecular flexibility index (Phi) is 6.95. The van der Waals surface area contributed by atoms with Crippen LogP contribution in [0.15, 0.2) is 0 Å². The molecular formula is C4H11NaO3P. The Morgan fingerprint density at radius 1 is 1.56 bits per heavy atom. The molecule has 0 amide bonds. The molecule has 0 fully saturated rings. The zero-order valence-corrected chi connectivity index (χ0v) is 8.93. The van der Waals surface area contributed by atoms with Crippen LogP contribution in [0.25, 0.3) is 0 Å². The van der Waals surface area contributed by atoms with Crippen molar-refractivity contribution in [1.29, 1.82) is 0 Å². The van der Waals surface area contributed by atoms with E-state index in [2.05, 4.69) is 0 Å². The van der Waals surface area contributed by atoms with Gasteiger partial charge in [-0.15, -0.1) is 0 Å². The predicted molar refractivity (Wildman–Crippen MR) is 37.6 cm³/mol. The first-order valence-corrected chi connectivity index (χ1v) is 4.22. The van der Waals surface area contributed by atoms with Gasteiger partial charge in [-0.3, -0.25) is 4.57 Å². The van der Waals surface area contributed by atoms with Gasteiger partial charge in [0.2, 0.25) is 0 Å². The topological polar surface area (TPSA) is 57.5 Å². The van der Waals surface area contributed by atoms with Gasteiger partial charge in [-0.2, -0.15) is 0 Å². The second-order valence-electron chi connectivity index (χ2n) is 1.85. The van der Waals surface area contributed by atoms with Crippen molar-refractivity contribution in [1.82, 2.24) is 0 Å². The second-order valence-corrected chi connectivity index (χ2v) is 3.91. The fourth-order valence-electron chi connectivity index (χ4n) is 0.238. The fourth-order valence-corrected chi connectivity index (χ4v) is 0.714. The first-order valence-electron chi connectivity index (χ1n) is 2.53. The van der Waals surface area contributed by atoms with Crippen molar-refractivity contribution >= 4 is 37.2 Å². The van der Waals surface area contributed by atoms with Gasteiger partial charge in [0.1, 0.15) is 0 Å². The van der Waals surface area contributed by atoms with Gasteiger partial charge in [-0.1, -0.05) is 13.8 Å². The minimum absolute atomic E-state index is 0. The molecule has 51 valence electrons. The Morgan fingerprint density at radius 3 is 1.89 bits per heavy atom. The molecule has 0 aromatic carbocycles. The summed E-state index contributed by atoms with van der Waals surface area (Å²) in [5.74, 6) is 0. The van der Waals surface area contributed by atoms with Crippen LogP contribution in [0.3, 0.4) is 0 Å². The molecule has 0 saturated carbocycles. The molecule has 1 radical (unpaired) electrons. The van der Waals surface area contributed by atoms with Crippen molar-refractivity contribution in [3.05, 3.63) is 0 Å². The van der Waals surface area contributed by atoms with Gasteiger partial charge < -0.3 is 9.79 Å². The summed E-state index contributed by atoms with van der Waals surface area (Å²) in [5.41, 5.74) is -0.484. The van der Waals surface area contributed by atoms with E-state index in [4.69, 9.17) is 9.79 Å². The summed E-state index contributed by atoms with van der Waals surface area (Å²) >= 11 is 0. The maximum Gasteiger partial charge on any atom is 0.328 e. The van der Waals surface area contributed by atoms with E-state index in [9.17, 15) is 4.57 Å². The molecule has 9 heavy (non-hydrogen) atoms. The predicted octanol–water partition coefficient (Wildman–Crippen LogP) is 0.582. The molecule has 0 heterocycles. The van der Waals surface area contributed by atoms with E-state index in [1.807, 2.05) is 0 Å². The van der Waals surface area contributed by atoms with Crippen LogP contribution in [-0.2, 0) is 4.57 Å². The Labute approximate surface area is 77.3 Å². The molecule has 0 spiro atoms. The Morgan fingerprint density at radius 2 is 1.89 bits per heavy atom. The van der Waals surface area contributed by atoms with Crippen LogP contribution in [0.2, 0.25) is 0 Å². The number of hydrogen-bond acceptors (Lipinski definition) is 1. The minimum atomic E-state index is -3.76. The molecule has 0 saturated heterocycles.